The molecule has 17 heavy (non-hydrogen) atoms. The minimum Gasteiger partial charge on any atom is -0.314 e. The molecule has 1 aromatic rings. The molecule has 3 nitrogen and oxygen atoms in total. The average Bonchev–Trinajstić information content (AvgIpc) is 2.93. The van der Waals surface area contributed by atoms with Crippen molar-refractivity contribution in [2.75, 3.05) is 6.54 Å². The lowest BCUT2D eigenvalue weighted by molar-refractivity contribution is 0.405. The van der Waals surface area contributed by atoms with Gasteiger partial charge in [-0.15, -0.1) is 0 Å². The van der Waals surface area contributed by atoms with Crippen LogP contribution >= 0.6 is 0 Å². The molecule has 0 radical (unpaired) electrons. The zero-order chi connectivity index (χ0) is 12.3. The molecule has 1 aliphatic carbocycles. The molecule has 96 valence electrons. The first-order chi connectivity index (χ1) is 8.22. The van der Waals surface area contributed by atoms with Gasteiger partial charge in [-0.1, -0.05) is 20.3 Å². The van der Waals surface area contributed by atoms with E-state index in [2.05, 4.69) is 41.9 Å². The minimum absolute atomic E-state index is 0.590. The van der Waals surface area contributed by atoms with Gasteiger partial charge in [-0.05, 0) is 38.3 Å². The Labute approximate surface area is 105 Å². The molecule has 2 rings (SSSR count). The van der Waals surface area contributed by atoms with Gasteiger partial charge < -0.3 is 5.32 Å². The number of hydrogen-bond acceptors (Lipinski definition) is 2. The van der Waals surface area contributed by atoms with Crippen LogP contribution in [0.15, 0.2) is 12.3 Å². The van der Waals surface area contributed by atoms with Gasteiger partial charge in [-0.2, -0.15) is 5.10 Å². The molecule has 1 fully saturated rings. The van der Waals surface area contributed by atoms with Gasteiger partial charge in [-0.25, -0.2) is 0 Å². The van der Waals surface area contributed by atoms with Gasteiger partial charge in [-0.3, -0.25) is 4.68 Å². The van der Waals surface area contributed by atoms with Crippen LogP contribution in [-0.2, 0) is 6.54 Å². The number of rotatable bonds is 5. The lowest BCUT2D eigenvalue weighted by Crippen LogP contribution is -2.30. The summed E-state index contributed by atoms with van der Waals surface area (Å²) >= 11 is 0. The van der Waals surface area contributed by atoms with E-state index in [1.54, 1.807) is 0 Å². The lowest BCUT2D eigenvalue weighted by atomic mass is 9.92. The van der Waals surface area contributed by atoms with Crippen molar-refractivity contribution in [1.29, 1.82) is 0 Å². The van der Waals surface area contributed by atoms with E-state index in [4.69, 9.17) is 0 Å². The summed E-state index contributed by atoms with van der Waals surface area (Å²) in [5, 5.41) is 7.99. The fraction of sp³-hybridized carbons (Fsp3) is 0.786. The first kappa shape index (κ1) is 12.6. The highest BCUT2D eigenvalue weighted by atomic mass is 15.3. The Balaban J connectivity index is 2.04. The predicted octanol–water partition coefficient (Wildman–Crippen LogP) is 2.78. The van der Waals surface area contributed by atoms with Crippen LogP contribution < -0.4 is 5.32 Å². The van der Waals surface area contributed by atoms with E-state index in [1.165, 1.54) is 25.0 Å². The van der Waals surface area contributed by atoms with Crippen LogP contribution in [0.25, 0.3) is 0 Å². The van der Waals surface area contributed by atoms with Gasteiger partial charge in [0.25, 0.3) is 0 Å². The summed E-state index contributed by atoms with van der Waals surface area (Å²) in [6.45, 7) is 8.76. The molecule has 0 amide bonds. The summed E-state index contributed by atoms with van der Waals surface area (Å²) in [5.74, 6) is 1.50. The van der Waals surface area contributed by atoms with Gasteiger partial charge in [0, 0.05) is 30.4 Å². The lowest BCUT2D eigenvalue weighted by Gasteiger charge is -2.22. The topological polar surface area (TPSA) is 29.9 Å². The Bertz CT molecular complexity index is 343. The number of nitrogens with zero attached hydrogens (tertiary/aromatic N) is 2. The summed E-state index contributed by atoms with van der Waals surface area (Å²) in [7, 11) is 0. The van der Waals surface area contributed by atoms with Crippen LogP contribution in [0.4, 0.5) is 0 Å². The second-order valence-corrected chi connectivity index (χ2v) is 5.43. The summed E-state index contributed by atoms with van der Waals surface area (Å²) in [6.07, 6.45) is 6.00. The van der Waals surface area contributed by atoms with Crippen molar-refractivity contribution < 1.29 is 0 Å². The molecule has 1 saturated carbocycles. The average molecular weight is 235 g/mol. The smallest absolute Gasteiger partial charge is 0.0492 e. The zero-order valence-corrected chi connectivity index (χ0v) is 11.3. The maximum absolute atomic E-state index is 4.41. The molecule has 0 aromatic carbocycles. The highest BCUT2D eigenvalue weighted by molar-refractivity contribution is 5.11. The summed E-state index contributed by atoms with van der Waals surface area (Å²) in [5.41, 5.74) is 1.44. The maximum Gasteiger partial charge on any atom is 0.0492 e. The van der Waals surface area contributed by atoms with Crippen molar-refractivity contribution in [3.8, 4) is 0 Å². The first-order valence-electron chi connectivity index (χ1n) is 6.97. The molecule has 2 atom stereocenters. The van der Waals surface area contributed by atoms with Crippen molar-refractivity contribution in [2.45, 2.75) is 58.5 Å². The predicted molar refractivity (Wildman–Crippen MR) is 71.1 cm³/mol. The fourth-order valence-electron chi connectivity index (χ4n) is 2.98. The maximum atomic E-state index is 4.41. The van der Waals surface area contributed by atoms with Crippen LogP contribution in [0.1, 0.15) is 51.6 Å². The SMILES string of the molecule is CCn1nccc1C1CCCC1CNC(C)C. The molecule has 1 aromatic heterocycles. The van der Waals surface area contributed by atoms with Crippen LogP contribution in [-0.4, -0.2) is 22.4 Å². The molecule has 1 N–H and O–H groups in total. The molecule has 1 aliphatic rings. The van der Waals surface area contributed by atoms with Crippen LogP contribution in [0.5, 0.6) is 0 Å². The molecule has 0 saturated heterocycles. The van der Waals surface area contributed by atoms with E-state index < -0.39 is 0 Å². The Kier molecular flexibility index (Phi) is 4.21. The summed E-state index contributed by atoms with van der Waals surface area (Å²) < 4.78 is 2.17. The highest BCUT2D eigenvalue weighted by Gasteiger charge is 2.30. The van der Waals surface area contributed by atoms with Gasteiger partial charge in [0.1, 0.15) is 0 Å². The van der Waals surface area contributed by atoms with Gasteiger partial charge in [0.2, 0.25) is 0 Å². The molecule has 0 bridgehead atoms. The van der Waals surface area contributed by atoms with Crippen LogP contribution in [0.2, 0.25) is 0 Å². The standard InChI is InChI=1S/C14H25N3/c1-4-17-14(8-9-16-17)13-7-5-6-12(13)10-15-11(2)3/h8-9,11-13,15H,4-7,10H2,1-3H3. The van der Waals surface area contributed by atoms with Crippen molar-refractivity contribution in [1.82, 2.24) is 15.1 Å². The quantitative estimate of drug-likeness (QED) is 0.850. The minimum atomic E-state index is 0.590. The van der Waals surface area contributed by atoms with Gasteiger partial charge in [0.15, 0.2) is 0 Å². The first-order valence-corrected chi connectivity index (χ1v) is 6.97. The molecule has 0 spiro atoms. The zero-order valence-electron chi connectivity index (χ0n) is 11.3. The van der Waals surface area contributed by atoms with E-state index in [-0.39, 0.29) is 0 Å². The van der Waals surface area contributed by atoms with E-state index in [9.17, 15) is 0 Å². The Morgan fingerprint density at radius 1 is 1.47 bits per heavy atom. The normalized spacial score (nSPS) is 24.7. The summed E-state index contributed by atoms with van der Waals surface area (Å²) in [4.78, 5) is 0. The van der Waals surface area contributed by atoms with Crippen LogP contribution in [0.3, 0.4) is 0 Å². The van der Waals surface area contributed by atoms with Crippen molar-refractivity contribution in [3.63, 3.8) is 0 Å². The monoisotopic (exact) mass is 235 g/mol. The molecular weight excluding hydrogens is 210 g/mol. The molecule has 0 aliphatic heterocycles. The number of aromatic nitrogens is 2. The second-order valence-electron chi connectivity index (χ2n) is 5.43. The summed E-state index contributed by atoms with van der Waals surface area (Å²) in [6, 6.07) is 2.80. The van der Waals surface area contributed by atoms with E-state index in [1.807, 2.05) is 6.20 Å². The molecule has 3 heteroatoms. The molecule has 1 heterocycles. The Hall–Kier alpha value is -0.830. The van der Waals surface area contributed by atoms with Crippen molar-refractivity contribution in [2.24, 2.45) is 5.92 Å². The van der Waals surface area contributed by atoms with Gasteiger partial charge >= 0.3 is 0 Å². The molecule has 2 unspecified atom stereocenters. The Morgan fingerprint density at radius 2 is 2.29 bits per heavy atom. The van der Waals surface area contributed by atoms with Crippen molar-refractivity contribution >= 4 is 0 Å². The largest absolute Gasteiger partial charge is 0.314 e. The number of nitrogens with one attached hydrogen (secondary N) is 1. The highest BCUT2D eigenvalue weighted by Crippen LogP contribution is 2.39. The third kappa shape index (κ3) is 2.89. The van der Waals surface area contributed by atoms with Gasteiger partial charge in [0.05, 0.1) is 0 Å². The number of aryl methyl sites for hydroxylation is 1. The Morgan fingerprint density at radius 3 is 3.00 bits per heavy atom. The molecular formula is C14H25N3. The number of hydrogen-bond donors (Lipinski definition) is 1. The third-order valence-electron chi connectivity index (χ3n) is 3.88. The van der Waals surface area contributed by atoms with E-state index in [0.717, 1.165) is 19.0 Å². The van der Waals surface area contributed by atoms with Crippen LogP contribution in [0, 0.1) is 5.92 Å². The fourth-order valence-corrected chi connectivity index (χ4v) is 2.98. The van der Waals surface area contributed by atoms with E-state index >= 15 is 0 Å². The van der Waals surface area contributed by atoms with E-state index in [0.29, 0.717) is 12.0 Å². The van der Waals surface area contributed by atoms with Crippen molar-refractivity contribution in [3.05, 3.63) is 18.0 Å². The second kappa shape index (κ2) is 5.67. The third-order valence-corrected chi connectivity index (χ3v) is 3.88.